The molecule has 0 radical (unpaired) electrons. The predicted octanol–water partition coefficient (Wildman–Crippen LogP) is 2.58. The number of ether oxygens (including phenoxy) is 6. The van der Waals surface area contributed by atoms with Crippen molar-refractivity contribution in [3.05, 3.63) is 66.2 Å². The van der Waals surface area contributed by atoms with Crippen molar-refractivity contribution in [2.24, 2.45) is 0 Å². The van der Waals surface area contributed by atoms with E-state index in [4.69, 9.17) is 40.6 Å². The van der Waals surface area contributed by atoms with Gasteiger partial charge in [0.25, 0.3) is 0 Å². The second kappa shape index (κ2) is 9.17. The second-order valence-corrected chi connectivity index (χ2v) is 7.03. The number of rotatable bonds is 4. The molecule has 2 fully saturated rings. The lowest BCUT2D eigenvalue weighted by Gasteiger charge is -2.46. The van der Waals surface area contributed by atoms with E-state index in [0.29, 0.717) is 5.75 Å². The highest BCUT2D eigenvalue weighted by atomic mass is 32.1. The molecule has 1 N–H and O–H groups in total. The first-order chi connectivity index (χ1) is 14.2. The van der Waals surface area contributed by atoms with Gasteiger partial charge in [0.1, 0.15) is 24.1 Å². The predicted molar refractivity (Wildman–Crippen MR) is 106 cm³/mol. The Morgan fingerprint density at radius 1 is 1.03 bits per heavy atom. The number of aliphatic hydroxyl groups is 1. The molecule has 7 nitrogen and oxygen atoms in total. The molecule has 2 saturated heterocycles. The zero-order chi connectivity index (χ0) is 20.2. The molecule has 29 heavy (non-hydrogen) atoms. The van der Waals surface area contributed by atoms with Gasteiger partial charge in [-0.2, -0.15) is 0 Å². The molecule has 2 heterocycles. The molecule has 0 aromatic heterocycles. The van der Waals surface area contributed by atoms with E-state index in [0.717, 1.165) is 5.56 Å². The lowest BCUT2D eigenvalue weighted by molar-refractivity contribution is -0.356. The molecule has 0 aliphatic carbocycles. The molecule has 0 spiro atoms. The second-order valence-electron chi connectivity index (χ2n) is 6.69. The third kappa shape index (κ3) is 4.58. The number of hydrogen-bond acceptors (Lipinski definition) is 8. The summed E-state index contributed by atoms with van der Waals surface area (Å²) in [6, 6.07) is 18.5. The summed E-state index contributed by atoms with van der Waals surface area (Å²) in [6.07, 6.45) is -4.63. The topological polar surface area (TPSA) is 75.6 Å². The zero-order valence-corrected chi connectivity index (χ0v) is 16.6. The van der Waals surface area contributed by atoms with Gasteiger partial charge < -0.3 is 33.5 Å². The Bertz CT molecular complexity index is 803. The van der Waals surface area contributed by atoms with Crippen molar-refractivity contribution in [1.82, 2.24) is 0 Å². The minimum atomic E-state index is -1.06. The molecule has 6 atom stereocenters. The Balaban J connectivity index is 1.45. The number of aliphatic hydroxyl groups excluding tert-OH is 1. The van der Waals surface area contributed by atoms with Crippen LogP contribution in [0.5, 0.6) is 5.75 Å². The van der Waals surface area contributed by atoms with Crippen LogP contribution in [0.1, 0.15) is 11.9 Å². The summed E-state index contributed by atoms with van der Waals surface area (Å²) >= 11 is 5.18. The summed E-state index contributed by atoms with van der Waals surface area (Å²) in [5.41, 5.74) is 0.854. The SMILES string of the molecule is COC1OC2COC(c3ccccc3)OC2C(O)C1OC(=S)Oc1ccccc1. The molecule has 6 unspecified atom stereocenters. The summed E-state index contributed by atoms with van der Waals surface area (Å²) in [6.45, 7) is 0.249. The smallest absolute Gasteiger partial charge is 0.358 e. The first kappa shape index (κ1) is 20.2. The lowest BCUT2D eigenvalue weighted by atomic mass is 9.97. The summed E-state index contributed by atoms with van der Waals surface area (Å²) in [5, 5.41) is 10.8. The van der Waals surface area contributed by atoms with Gasteiger partial charge in [-0.15, -0.1) is 0 Å². The molecule has 2 aliphatic rings. The van der Waals surface area contributed by atoms with Crippen molar-refractivity contribution < 1.29 is 33.5 Å². The summed E-state index contributed by atoms with van der Waals surface area (Å²) in [4.78, 5) is 0. The van der Waals surface area contributed by atoms with Crippen molar-refractivity contribution in [2.45, 2.75) is 37.0 Å². The van der Waals surface area contributed by atoms with Crippen LogP contribution >= 0.6 is 12.2 Å². The van der Waals surface area contributed by atoms with Gasteiger partial charge in [0.2, 0.25) is 0 Å². The van der Waals surface area contributed by atoms with Gasteiger partial charge in [0.15, 0.2) is 18.7 Å². The van der Waals surface area contributed by atoms with E-state index in [1.54, 1.807) is 12.1 Å². The Morgan fingerprint density at radius 3 is 2.41 bits per heavy atom. The fourth-order valence-corrected chi connectivity index (χ4v) is 3.59. The van der Waals surface area contributed by atoms with Crippen LogP contribution in [0.4, 0.5) is 0 Å². The van der Waals surface area contributed by atoms with Crippen LogP contribution in [0.25, 0.3) is 0 Å². The molecule has 0 amide bonds. The summed E-state index contributed by atoms with van der Waals surface area (Å²) in [7, 11) is 1.46. The van der Waals surface area contributed by atoms with E-state index in [1.807, 2.05) is 48.5 Å². The molecule has 2 aromatic carbocycles. The van der Waals surface area contributed by atoms with Gasteiger partial charge in [0, 0.05) is 24.9 Å². The van der Waals surface area contributed by atoms with E-state index in [-0.39, 0.29) is 11.8 Å². The molecular formula is C21H22O7S. The monoisotopic (exact) mass is 418 g/mol. The van der Waals surface area contributed by atoms with Crippen LogP contribution in [-0.4, -0.2) is 54.8 Å². The Labute approximate surface area is 174 Å². The van der Waals surface area contributed by atoms with Gasteiger partial charge in [-0.05, 0) is 12.1 Å². The van der Waals surface area contributed by atoms with E-state index >= 15 is 0 Å². The normalized spacial score (nSPS) is 31.5. The van der Waals surface area contributed by atoms with E-state index in [9.17, 15) is 5.11 Å². The van der Waals surface area contributed by atoms with Crippen molar-refractivity contribution in [1.29, 1.82) is 0 Å². The van der Waals surface area contributed by atoms with Crippen LogP contribution in [0.15, 0.2) is 60.7 Å². The standard InChI is InChI=1S/C21H22O7S/c1-23-20-18(28-21(29)25-14-10-6-3-7-11-14)16(22)17-15(26-20)12-24-19(27-17)13-8-4-2-5-9-13/h2-11,15-20,22H,12H2,1H3. The third-order valence-corrected chi connectivity index (χ3v) is 4.97. The van der Waals surface area contributed by atoms with Crippen LogP contribution in [0.3, 0.4) is 0 Å². The molecule has 2 aliphatic heterocycles. The van der Waals surface area contributed by atoms with Crippen LogP contribution < -0.4 is 4.74 Å². The first-order valence-electron chi connectivity index (χ1n) is 9.27. The highest BCUT2D eigenvalue weighted by molar-refractivity contribution is 7.79. The Morgan fingerprint density at radius 2 is 1.72 bits per heavy atom. The molecule has 8 heteroatoms. The van der Waals surface area contributed by atoms with Crippen molar-refractivity contribution in [3.63, 3.8) is 0 Å². The van der Waals surface area contributed by atoms with Gasteiger partial charge >= 0.3 is 5.24 Å². The largest absolute Gasteiger partial charge is 0.445 e. The maximum atomic E-state index is 11.0. The average molecular weight is 418 g/mol. The van der Waals surface area contributed by atoms with Crippen LogP contribution in [0.2, 0.25) is 0 Å². The molecule has 154 valence electrons. The Kier molecular flexibility index (Phi) is 6.39. The summed E-state index contributed by atoms with van der Waals surface area (Å²) < 4.78 is 34.2. The van der Waals surface area contributed by atoms with Crippen LogP contribution in [-0.2, 0) is 23.7 Å². The first-order valence-corrected chi connectivity index (χ1v) is 9.68. The van der Waals surface area contributed by atoms with Crippen molar-refractivity contribution in [3.8, 4) is 5.75 Å². The number of para-hydroxylation sites is 1. The maximum Gasteiger partial charge on any atom is 0.358 e. The maximum absolute atomic E-state index is 11.0. The minimum absolute atomic E-state index is 0.143. The highest BCUT2D eigenvalue weighted by Crippen LogP contribution is 2.35. The van der Waals surface area contributed by atoms with Gasteiger partial charge in [-0.1, -0.05) is 48.5 Å². The van der Waals surface area contributed by atoms with E-state index in [1.165, 1.54) is 7.11 Å². The third-order valence-electron chi connectivity index (χ3n) is 4.79. The molecular weight excluding hydrogens is 396 g/mol. The zero-order valence-electron chi connectivity index (χ0n) is 15.7. The van der Waals surface area contributed by atoms with Gasteiger partial charge in [0.05, 0.1) is 6.61 Å². The number of methoxy groups -OCH3 is 1. The fraction of sp³-hybridized carbons (Fsp3) is 0.381. The molecule has 0 bridgehead atoms. The highest BCUT2D eigenvalue weighted by Gasteiger charge is 2.51. The van der Waals surface area contributed by atoms with E-state index in [2.05, 4.69) is 0 Å². The number of fused-ring (bicyclic) bond motifs is 1. The van der Waals surface area contributed by atoms with Crippen LogP contribution in [0, 0.1) is 0 Å². The Hall–Kier alpha value is -2.07. The van der Waals surface area contributed by atoms with Crippen molar-refractivity contribution in [2.75, 3.05) is 13.7 Å². The molecule has 2 aromatic rings. The lowest BCUT2D eigenvalue weighted by Crippen LogP contribution is -2.63. The van der Waals surface area contributed by atoms with Gasteiger partial charge in [-0.25, -0.2) is 0 Å². The average Bonchev–Trinajstić information content (AvgIpc) is 2.76. The minimum Gasteiger partial charge on any atom is -0.445 e. The number of thiocarbonyl (C=S) groups is 1. The van der Waals surface area contributed by atoms with Gasteiger partial charge in [-0.3, -0.25) is 0 Å². The molecule has 4 rings (SSSR count). The summed E-state index contributed by atoms with van der Waals surface area (Å²) in [5.74, 6) is 0.530. The van der Waals surface area contributed by atoms with E-state index < -0.39 is 37.0 Å². The number of benzene rings is 2. The quantitative estimate of drug-likeness (QED) is 0.760. The van der Waals surface area contributed by atoms with Crippen molar-refractivity contribution >= 4 is 17.5 Å². The molecule has 0 saturated carbocycles. The number of hydrogen-bond donors (Lipinski definition) is 1. The fourth-order valence-electron chi connectivity index (χ4n) is 3.38.